The van der Waals surface area contributed by atoms with Crippen LogP contribution in [0.25, 0.3) is 6.08 Å². The van der Waals surface area contributed by atoms with E-state index in [1.165, 1.54) is 0 Å². The summed E-state index contributed by atoms with van der Waals surface area (Å²) >= 11 is 0. The minimum atomic E-state index is -0.140. The third-order valence-electron chi connectivity index (χ3n) is 2.48. The molecule has 3 nitrogen and oxygen atoms in total. The second-order valence-corrected chi connectivity index (χ2v) is 3.37. The van der Waals surface area contributed by atoms with Gasteiger partial charge >= 0.3 is 0 Å². The number of benzene rings is 1. The molecule has 0 atom stereocenters. The van der Waals surface area contributed by atoms with Gasteiger partial charge in [0.05, 0.1) is 5.56 Å². The molecule has 1 amide bonds. The standard InChI is InChI=1S/C11H8N2O/c14-11-9-5-10-7(2-1-3-12-10)4-8(9)6-13-11/h1-2,4-6,12H,3H2. The Hall–Kier alpha value is -1.90. The highest BCUT2D eigenvalue weighted by molar-refractivity contribution is 6.14. The summed E-state index contributed by atoms with van der Waals surface area (Å²) in [5.74, 6) is -0.140. The lowest BCUT2D eigenvalue weighted by Gasteiger charge is -2.13. The van der Waals surface area contributed by atoms with Gasteiger partial charge in [0.25, 0.3) is 5.91 Å². The molecule has 2 heterocycles. The maximum Gasteiger partial charge on any atom is 0.277 e. The maximum absolute atomic E-state index is 11.3. The molecule has 0 unspecified atom stereocenters. The van der Waals surface area contributed by atoms with Gasteiger partial charge in [0.2, 0.25) is 0 Å². The first-order chi connectivity index (χ1) is 6.84. The fraction of sp³-hybridized carbons (Fsp3) is 0.0909. The zero-order chi connectivity index (χ0) is 9.54. The topological polar surface area (TPSA) is 41.5 Å². The molecule has 0 fully saturated rings. The van der Waals surface area contributed by atoms with Crippen molar-refractivity contribution < 1.29 is 4.79 Å². The van der Waals surface area contributed by atoms with Crippen LogP contribution in [0, 0.1) is 0 Å². The van der Waals surface area contributed by atoms with Gasteiger partial charge in [0, 0.05) is 24.0 Å². The maximum atomic E-state index is 11.3. The van der Waals surface area contributed by atoms with Gasteiger partial charge in [-0.05, 0) is 17.7 Å². The zero-order valence-electron chi connectivity index (χ0n) is 7.45. The van der Waals surface area contributed by atoms with Crippen LogP contribution < -0.4 is 5.32 Å². The molecule has 68 valence electrons. The van der Waals surface area contributed by atoms with E-state index in [2.05, 4.69) is 22.5 Å². The van der Waals surface area contributed by atoms with Crippen LogP contribution in [-0.2, 0) is 0 Å². The molecule has 1 N–H and O–H groups in total. The summed E-state index contributed by atoms with van der Waals surface area (Å²) in [7, 11) is 0. The van der Waals surface area contributed by atoms with E-state index in [1.54, 1.807) is 6.21 Å². The Balaban J connectivity index is 2.25. The third-order valence-corrected chi connectivity index (χ3v) is 2.48. The van der Waals surface area contributed by atoms with Gasteiger partial charge in [-0.25, -0.2) is 4.99 Å². The lowest BCUT2D eigenvalue weighted by atomic mass is 10.0. The number of aliphatic imine (C=N–C) groups is 1. The molecule has 2 aliphatic rings. The highest BCUT2D eigenvalue weighted by atomic mass is 16.1. The van der Waals surface area contributed by atoms with Gasteiger partial charge in [-0.1, -0.05) is 12.2 Å². The van der Waals surface area contributed by atoms with Crippen LogP contribution in [0.1, 0.15) is 21.5 Å². The number of fused-ring (bicyclic) bond motifs is 2. The van der Waals surface area contributed by atoms with Crippen molar-refractivity contribution in [1.29, 1.82) is 0 Å². The van der Waals surface area contributed by atoms with Crippen LogP contribution in [0.4, 0.5) is 5.69 Å². The smallest absolute Gasteiger partial charge is 0.277 e. The van der Waals surface area contributed by atoms with E-state index in [9.17, 15) is 4.79 Å². The summed E-state index contributed by atoms with van der Waals surface area (Å²) in [6.45, 7) is 0.820. The molecule has 0 bridgehead atoms. The highest BCUT2D eigenvalue weighted by Gasteiger charge is 2.18. The van der Waals surface area contributed by atoms with E-state index >= 15 is 0 Å². The average Bonchev–Trinajstić information content (AvgIpc) is 2.57. The van der Waals surface area contributed by atoms with Crippen molar-refractivity contribution in [3.63, 3.8) is 0 Å². The van der Waals surface area contributed by atoms with Crippen molar-refractivity contribution >= 4 is 23.9 Å². The summed E-state index contributed by atoms with van der Waals surface area (Å²) in [6.07, 6.45) is 5.74. The Morgan fingerprint density at radius 3 is 3.14 bits per heavy atom. The second-order valence-electron chi connectivity index (χ2n) is 3.37. The molecule has 0 spiro atoms. The number of amides is 1. The molecule has 2 aliphatic heterocycles. The van der Waals surface area contributed by atoms with Crippen molar-refractivity contribution in [2.45, 2.75) is 0 Å². The molecular formula is C11H8N2O. The van der Waals surface area contributed by atoms with Crippen LogP contribution in [0.5, 0.6) is 0 Å². The predicted molar refractivity (Wildman–Crippen MR) is 55.9 cm³/mol. The van der Waals surface area contributed by atoms with Crippen LogP contribution >= 0.6 is 0 Å². The second kappa shape index (κ2) is 2.54. The summed E-state index contributed by atoms with van der Waals surface area (Å²) in [4.78, 5) is 15.1. The molecule has 3 heteroatoms. The lowest BCUT2D eigenvalue weighted by Crippen LogP contribution is -2.06. The van der Waals surface area contributed by atoms with Crippen LogP contribution in [0.2, 0.25) is 0 Å². The molecule has 0 radical (unpaired) electrons. The fourth-order valence-electron chi connectivity index (χ4n) is 1.77. The Morgan fingerprint density at radius 1 is 1.29 bits per heavy atom. The first kappa shape index (κ1) is 7.50. The molecule has 14 heavy (non-hydrogen) atoms. The van der Waals surface area contributed by atoms with Crippen LogP contribution in [0.3, 0.4) is 0 Å². The number of rotatable bonds is 0. The number of anilines is 1. The number of carbonyl (C=O) groups is 1. The van der Waals surface area contributed by atoms with Crippen LogP contribution in [0.15, 0.2) is 23.2 Å². The van der Waals surface area contributed by atoms with Gasteiger partial charge in [-0.15, -0.1) is 0 Å². The fourth-order valence-corrected chi connectivity index (χ4v) is 1.77. The van der Waals surface area contributed by atoms with E-state index in [0.29, 0.717) is 5.56 Å². The Labute approximate surface area is 81.2 Å². The van der Waals surface area contributed by atoms with E-state index in [0.717, 1.165) is 23.4 Å². The summed E-state index contributed by atoms with van der Waals surface area (Å²) in [6, 6.07) is 3.87. The lowest BCUT2D eigenvalue weighted by molar-refractivity contribution is 0.101. The molecule has 0 aromatic heterocycles. The van der Waals surface area contributed by atoms with Crippen molar-refractivity contribution in [3.05, 3.63) is 34.9 Å². The first-order valence-corrected chi connectivity index (χ1v) is 4.51. The number of hydrogen-bond acceptors (Lipinski definition) is 2. The Morgan fingerprint density at radius 2 is 2.21 bits per heavy atom. The highest BCUT2D eigenvalue weighted by Crippen LogP contribution is 2.27. The SMILES string of the molecule is O=C1N=Cc2cc3c(cc21)NCC=C3. The minimum Gasteiger partial charge on any atom is -0.381 e. The molecule has 0 aliphatic carbocycles. The molecule has 0 saturated carbocycles. The number of hydrogen-bond donors (Lipinski definition) is 1. The summed E-state index contributed by atoms with van der Waals surface area (Å²) in [5.41, 5.74) is 3.76. The number of carbonyl (C=O) groups excluding carboxylic acids is 1. The summed E-state index contributed by atoms with van der Waals surface area (Å²) in [5, 5.41) is 3.22. The van der Waals surface area contributed by atoms with Crippen molar-refractivity contribution in [1.82, 2.24) is 0 Å². The molecular weight excluding hydrogens is 176 g/mol. The van der Waals surface area contributed by atoms with E-state index < -0.39 is 0 Å². The van der Waals surface area contributed by atoms with E-state index in [4.69, 9.17) is 0 Å². The van der Waals surface area contributed by atoms with E-state index in [-0.39, 0.29) is 5.91 Å². The quantitative estimate of drug-likeness (QED) is 0.666. The third kappa shape index (κ3) is 0.923. The molecule has 1 aromatic carbocycles. The number of nitrogens with zero attached hydrogens (tertiary/aromatic N) is 1. The minimum absolute atomic E-state index is 0.140. The van der Waals surface area contributed by atoms with E-state index in [1.807, 2.05) is 12.1 Å². The molecule has 0 saturated heterocycles. The first-order valence-electron chi connectivity index (χ1n) is 4.51. The van der Waals surface area contributed by atoms with Gasteiger partial charge in [0.15, 0.2) is 0 Å². The normalized spacial score (nSPS) is 16.4. The van der Waals surface area contributed by atoms with Crippen molar-refractivity contribution in [2.75, 3.05) is 11.9 Å². The Kier molecular flexibility index (Phi) is 1.36. The van der Waals surface area contributed by atoms with Crippen molar-refractivity contribution in [2.24, 2.45) is 4.99 Å². The molecule has 3 rings (SSSR count). The van der Waals surface area contributed by atoms with Gasteiger partial charge < -0.3 is 5.32 Å². The molecule has 1 aromatic rings. The van der Waals surface area contributed by atoms with Crippen LogP contribution in [-0.4, -0.2) is 18.7 Å². The van der Waals surface area contributed by atoms with Gasteiger partial charge in [-0.2, -0.15) is 0 Å². The summed E-state index contributed by atoms with van der Waals surface area (Å²) < 4.78 is 0. The zero-order valence-corrected chi connectivity index (χ0v) is 7.45. The average molecular weight is 184 g/mol. The van der Waals surface area contributed by atoms with Gasteiger partial charge in [0.1, 0.15) is 0 Å². The number of nitrogens with one attached hydrogen (secondary N) is 1. The largest absolute Gasteiger partial charge is 0.381 e. The van der Waals surface area contributed by atoms with Gasteiger partial charge in [-0.3, -0.25) is 4.79 Å². The Bertz CT molecular complexity index is 486. The van der Waals surface area contributed by atoms with Crippen molar-refractivity contribution in [3.8, 4) is 0 Å². The predicted octanol–water partition coefficient (Wildman–Crippen LogP) is 1.70. The monoisotopic (exact) mass is 184 g/mol.